The zero-order chi connectivity index (χ0) is 13.2. The molecule has 0 unspecified atom stereocenters. The van der Waals surface area contributed by atoms with E-state index in [1.807, 2.05) is 0 Å². The molecule has 0 saturated heterocycles. The largest absolute Gasteiger partial charge is 0.492 e. The Labute approximate surface area is 102 Å². The molecule has 0 aromatic heterocycles. The highest BCUT2D eigenvalue weighted by atomic mass is 35.7. The third-order valence-corrected chi connectivity index (χ3v) is 3.27. The van der Waals surface area contributed by atoms with Crippen LogP contribution in [0.5, 0.6) is 5.75 Å². The predicted molar refractivity (Wildman–Crippen MR) is 57.3 cm³/mol. The van der Waals surface area contributed by atoms with Gasteiger partial charge in [0.1, 0.15) is 4.90 Å². The van der Waals surface area contributed by atoms with Crippen molar-refractivity contribution in [2.24, 2.45) is 0 Å². The molecule has 0 amide bonds. The zero-order valence-electron chi connectivity index (χ0n) is 8.86. The van der Waals surface area contributed by atoms with Gasteiger partial charge in [-0.2, -0.15) is 0 Å². The highest BCUT2D eigenvalue weighted by Gasteiger charge is 2.28. The van der Waals surface area contributed by atoms with E-state index in [2.05, 4.69) is 9.47 Å². The second-order valence-corrected chi connectivity index (χ2v) is 5.39. The van der Waals surface area contributed by atoms with Gasteiger partial charge in [0.2, 0.25) is 0 Å². The van der Waals surface area contributed by atoms with Crippen LogP contribution in [0.15, 0.2) is 17.0 Å². The molecule has 5 nitrogen and oxygen atoms in total. The van der Waals surface area contributed by atoms with Crippen molar-refractivity contribution in [2.45, 2.75) is 4.90 Å². The van der Waals surface area contributed by atoms with Gasteiger partial charge in [-0.15, -0.1) is 0 Å². The Hall–Kier alpha value is -1.34. The molecule has 0 heterocycles. The Balaban J connectivity index is 3.70. The summed E-state index contributed by atoms with van der Waals surface area (Å²) in [7, 11) is 2.91. The fourth-order valence-electron chi connectivity index (χ4n) is 1.24. The molecule has 0 N–H and O–H groups in total. The molecule has 0 aliphatic carbocycles. The number of carbonyl (C=O) groups is 1. The van der Waals surface area contributed by atoms with Gasteiger partial charge in [0.25, 0.3) is 9.05 Å². The van der Waals surface area contributed by atoms with Crippen molar-refractivity contribution < 1.29 is 27.1 Å². The van der Waals surface area contributed by atoms with Crippen LogP contribution >= 0.6 is 10.7 Å². The molecule has 0 saturated carbocycles. The molecule has 0 aliphatic heterocycles. The summed E-state index contributed by atoms with van der Waals surface area (Å²) in [4.78, 5) is 10.6. The van der Waals surface area contributed by atoms with E-state index in [-0.39, 0.29) is 5.56 Å². The van der Waals surface area contributed by atoms with Crippen molar-refractivity contribution in [3.05, 3.63) is 23.5 Å². The first-order valence-electron chi connectivity index (χ1n) is 4.22. The number of ether oxygens (including phenoxy) is 2. The van der Waals surface area contributed by atoms with E-state index in [0.717, 1.165) is 26.4 Å². The third kappa shape index (κ3) is 2.67. The fourth-order valence-corrected chi connectivity index (χ4v) is 2.52. The van der Waals surface area contributed by atoms with Crippen LogP contribution in [0, 0.1) is 5.82 Å². The van der Waals surface area contributed by atoms with E-state index in [1.54, 1.807) is 0 Å². The smallest absolute Gasteiger partial charge is 0.339 e. The molecule has 0 fully saturated rings. The van der Waals surface area contributed by atoms with Crippen LogP contribution in [0.1, 0.15) is 10.4 Å². The SMILES string of the molecule is COC(=O)c1ccc(F)c(OC)c1S(=O)(=O)Cl. The third-order valence-electron chi connectivity index (χ3n) is 1.92. The molecule has 0 bridgehead atoms. The van der Waals surface area contributed by atoms with Gasteiger partial charge in [-0.05, 0) is 12.1 Å². The van der Waals surface area contributed by atoms with Crippen LogP contribution in [-0.4, -0.2) is 28.6 Å². The second-order valence-electron chi connectivity index (χ2n) is 2.89. The number of rotatable bonds is 3. The summed E-state index contributed by atoms with van der Waals surface area (Å²) < 4.78 is 44.9. The van der Waals surface area contributed by atoms with Crippen LogP contribution < -0.4 is 4.74 Å². The monoisotopic (exact) mass is 282 g/mol. The van der Waals surface area contributed by atoms with Gasteiger partial charge in [-0.3, -0.25) is 0 Å². The summed E-state index contributed by atoms with van der Waals surface area (Å²) in [5, 5.41) is 0. The highest BCUT2D eigenvalue weighted by Crippen LogP contribution is 2.33. The quantitative estimate of drug-likeness (QED) is 0.621. The van der Waals surface area contributed by atoms with Crippen LogP contribution in [-0.2, 0) is 13.8 Å². The molecule has 17 heavy (non-hydrogen) atoms. The van der Waals surface area contributed by atoms with Gasteiger partial charge in [-0.1, -0.05) is 0 Å². The average molecular weight is 283 g/mol. The molecule has 1 aromatic carbocycles. The summed E-state index contributed by atoms with van der Waals surface area (Å²) >= 11 is 0. The first-order valence-corrected chi connectivity index (χ1v) is 6.53. The van der Waals surface area contributed by atoms with Crippen molar-refractivity contribution in [3.8, 4) is 5.75 Å². The number of benzene rings is 1. The Morgan fingerprint density at radius 2 is 1.94 bits per heavy atom. The van der Waals surface area contributed by atoms with Gasteiger partial charge in [-0.25, -0.2) is 17.6 Å². The Bertz CT molecular complexity index is 555. The summed E-state index contributed by atoms with van der Waals surface area (Å²) in [6, 6.07) is 1.84. The van der Waals surface area contributed by atoms with Gasteiger partial charge >= 0.3 is 5.97 Å². The molecular weight excluding hydrogens is 275 g/mol. The number of hydrogen-bond acceptors (Lipinski definition) is 5. The van der Waals surface area contributed by atoms with Crippen molar-refractivity contribution in [3.63, 3.8) is 0 Å². The summed E-state index contributed by atoms with van der Waals surface area (Å²) in [6.07, 6.45) is 0. The Kier molecular flexibility index (Phi) is 3.94. The average Bonchev–Trinajstić information content (AvgIpc) is 2.26. The van der Waals surface area contributed by atoms with E-state index in [4.69, 9.17) is 10.7 Å². The summed E-state index contributed by atoms with van der Waals surface area (Å²) in [5.41, 5.74) is -0.388. The number of halogens is 2. The lowest BCUT2D eigenvalue weighted by Crippen LogP contribution is -2.10. The van der Waals surface area contributed by atoms with Gasteiger partial charge in [0.05, 0.1) is 19.8 Å². The maximum atomic E-state index is 13.3. The Morgan fingerprint density at radius 1 is 1.35 bits per heavy atom. The topological polar surface area (TPSA) is 69.7 Å². The van der Waals surface area contributed by atoms with E-state index < -0.39 is 31.5 Å². The van der Waals surface area contributed by atoms with Gasteiger partial charge in [0.15, 0.2) is 11.6 Å². The van der Waals surface area contributed by atoms with E-state index in [0.29, 0.717) is 0 Å². The standard InChI is InChI=1S/C9H8ClFO5S/c1-15-7-6(11)4-3-5(9(12)16-2)8(7)17(10,13)14/h3-4H,1-2H3. The van der Waals surface area contributed by atoms with Crippen LogP contribution in [0.2, 0.25) is 0 Å². The molecular formula is C9H8ClFO5S. The predicted octanol–water partition coefficient (Wildman–Crippen LogP) is 1.55. The first kappa shape index (κ1) is 13.7. The molecule has 0 atom stereocenters. The number of esters is 1. The maximum absolute atomic E-state index is 13.3. The number of methoxy groups -OCH3 is 2. The molecule has 0 radical (unpaired) electrons. The zero-order valence-corrected chi connectivity index (χ0v) is 10.4. The number of hydrogen-bond donors (Lipinski definition) is 0. The van der Waals surface area contributed by atoms with Crippen molar-refractivity contribution in [1.82, 2.24) is 0 Å². The minimum atomic E-state index is -4.35. The Morgan fingerprint density at radius 3 is 2.35 bits per heavy atom. The lowest BCUT2D eigenvalue weighted by atomic mass is 10.2. The van der Waals surface area contributed by atoms with Crippen molar-refractivity contribution >= 4 is 25.7 Å². The minimum absolute atomic E-state index is 0.388. The maximum Gasteiger partial charge on any atom is 0.339 e. The first-order chi connectivity index (χ1) is 7.82. The van der Waals surface area contributed by atoms with Crippen LogP contribution in [0.4, 0.5) is 4.39 Å². The number of carbonyl (C=O) groups excluding carboxylic acids is 1. The second kappa shape index (κ2) is 4.89. The molecule has 0 aliphatic rings. The molecule has 1 rings (SSSR count). The van der Waals surface area contributed by atoms with Gasteiger partial charge in [0, 0.05) is 10.7 Å². The van der Waals surface area contributed by atoms with E-state index >= 15 is 0 Å². The van der Waals surface area contributed by atoms with Crippen molar-refractivity contribution in [1.29, 1.82) is 0 Å². The highest BCUT2D eigenvalue weighted by molar-refractivity contribution is 8.13. The minimum Gasteiger partial charge on any atom is -0.492 e. The molecule has 1 aromatic rings. The normalized spacial score (nSPS) is 11.1. The van der Waals surface area contributed by atoms with E-state index in [1.165, 1.54) is 0 Å². The van der Waals surface area contributed by atoms with Crippen LogP contribution in [0.3, 0.4) is 0 Å². The van der Waals surface area contributed by atoms with Crippen LogP contribution in [0.25, 0.3) is 0 Å². The molecule has 8 heteroatoms. The molecule has 94 valence electrons. The molecule has 0 spiro atoms. The van der Waals surface area contributed by atoms with E-state index in [9.17, 15) is 17.6 Å². The summed E-state index contributed by atoms with van der Waals surface area (Å²) in [5.74, 6) is -2.52. The van der Waals surface area contributed by atoms with Crippen molar-refractivity contribution in [2.75, 3.05) is 14.2 Å². The summed E-state index contributed by atoms with van der Waals surface area (Å²) in [6.45, 7) is 0. The van der Waals surface area contributed by atoms with Gasteiger partial charge < -0.3 is 9.47 Å². The lowest BCUT2D eigenvalue weighted by molar-refractivity contribution is 0.0595. The lowest BCUT2D eigenvalue weighted by Gasteiger charge is -2.10. The fraction of sp³-hybridized carbons (Fsp3) is 0.222.